The number of cyclic esters (lactones) is 1. The maximum atomic E-state index is 12.9. The second-order valence-electron chi connectivity index (χ2n) is 8.71. The summed E-state index contributed by atoms with van der Waals surface area (Å²) in [6.45, 7) is 2.65. The first kappa shape index (κ1) is 25.3. The average Bonchev–Trinajstić information content (AvgIpc) is 3.19. The third-order valence-corrected chi connectivity index (χ3v) is 7.13. The Morgan fingerprint density at radius 2 is 1.57 bits per heavy atom. The van der Waals surface area contributed by atoms with Crippen molar-refractivity contribution < 1.29 is 24.5 Å². The van der Waals surface area contributed by atoms with E-state index in [2.05, 4.69) is 0 Å². The quantitative estimate of drug-likeness (QED) is 0.385. The van der Waals surface area contributed by atoms with E-state index in [0.29, 0.717) is 18.9 Å². The maximum Gasteiger partial charge on any atom is 0.410 e. The SMILES string of the molecule is Cc1ccc(SCC2C(C(O)C(O)COCc3ccccc3)OC(=O)N2Cc2ccccc2)cc1. The standard InChI is InChI=1S/C28H31NO5S/c1-20-12-14-23(15-13-20)35-19-24-27(34-28(32)29(24)16-21-8-4-2-5-9-21)26(31)25(30)18-33-17-22-10-6-3-7-11-22/h2-15,24-27,30-31H,16-19H2,1H3. The number of aryl methyl sites for hydroxylation is 1. The van der Waals surface area contributed by atoms with Gasteiger partial charge in [-0.05, 0) is 30.2 Å². The van der Waals surface area contributed by atoms with Gasteiger partial charge in [-0.1, -0.05) is 78.4 Å². The van der Waals surface area contributed by atoms with E-state index in [4.69, 9.17) is 9.47 Å². The van der Waals surface area contributed by atoms with Crippen molar-refractivity contribution in [2.75, 3.05) is 12.4 Å². The van der Waals surface area contributed by atoms with Gasteiger partial charge in [0.25, 0.3) is 0 Å². The second kappa shape index (κ2) is 12.2. The van der Waals surface area contributed by atoms with Crippen LogP contribution in [0.4, 0.5) is 4.79 Å². The second-order valence-corrected chi connectivity index (χ2v) is 9.81. The molecule has 1 saturated heterocycles. The van der Waals surface area contributed by atoms with Crippen LogP contribution in [-0.2, 0) is 22.6 Å². The minimum absolute atomic E-state index is 0.0688. The molecule has 0 spiro atoms. The molecule has 1 heterocycles. The number of hydrogen-bond acceptors (Lipinski definition) is 6. The van der Waals surface area contributed by atoms with Crippen molar-refractivity contribution in [3.8, 4) is 0 Å². The zero-order valence-electron chi connectivity index (χ0n) is 19.7. The molecule has 1 fully saturated rings. The van der Waals surface area contributed by atoms with Gasteiger partial charge in [0.05, 0.1) is 19.3 Å². The molecule has 4 atom stereocenters. The lowest BCUT2D eigenvalue weighted by atomic mass is 10.0. The van der Waals surface area contributed by atoms with E-state index >= 15 is 0 Å². The molecule has 184 valence electrons. The molecule has 0 radical (unpaired) electrons. The highest BCUT2D eigenvalue weighted by atomic mass is 32.2. The Morgan fingerprint density at radius 1 is 0.943 bits per heavy atom. The molecule has 4 rings (SSSR count). The summed E-state index contributed by atoms with van der Waals surface area (Å²) >= 11 is 1.59. The number of hydrogen-bond donors (Lipinski definition) is 2. The Morgan fingerprint density at radius 3 is 2.23 bits per heavy atom. The number of thioether (sulfide) groups is 1. The molecule has 35 heavy (non-hydrogen) atoms. The van der Waals surface area contributed by atoms with Gasteiger partial charge in [0.15, 0.2) is 6.10 Å². The van der Waals surface area contributed by atoms with E-state index in [-0.39, 0.29) is 6.61 Å². The summed E-state index contributed by atoms with van der Waals surface area (Å²) < 4.78 is 11.2. The van der Waals surface area contributed by atoms with Crippen molar-refractivity contribution in [2.24, 2.45) is 0 Å². The van der Waals surface area contributed by atoms with Gasteiger partial charge in [-0.15, -0.1) is 11.8 Å². The Balaban J connectivity index is 1.44. The third-order valence-electron chi connectivity index (χ3n) is 6.02. The van der Waals surface area contributed by atoms with Gasteiger partial charge in [0, 0.05) is 17.2 Å². The summed E-state index contributed by atoms with van der Waals surface area (Å²) in [6.07, 6.45) is -3.84. The first-order valence-corrected chi connectivity index (χ1v) is 12.7. The minimum Gasteiger partial charge on any atom is -0.441 e. The van der Waals surface area contributed by atoms with Gasteiger partial charge < -0.3 is 19.7 Å². The molecule has 7 heteroatoms. The fourth-order valence-corrected chi connectivity index (χ4v) is 5.09. The predicted molar refractivity (Wildman–Crippen MR) is 136 cm³/mol. The van der Waals surface area contributed by atoms with Crippen molar-refractivity contribution in [2.45, 2.75) is 49.3 Å². The van der Waals surface area contributed by atoms with Crippen LogP contribution in [0.15, 0.2) is 89.8 Å². The lowest BCUT2D eigenvalue weighted by Crippen LogP contribution is -2.48. The van der Waals surface area contributed by atoms with E-state index in [1.165, 1.54) is 5.56 Å². The average molecular weight is 494 g/mol. The largest absolute Gasteiger partial charge is 0.441 e. The fourth-order valence-electron chi connectivity index (χ4n) is 4.02. The van der Waals surface area contributed by atoms with E-state index in [9.17, 15) is 15.0 Å². The van der Waals surface area contributed by atoms with Crippen molar-refractivity contribution >= 4 is 17.9 Å². The molecule has 4 unspecified atom stereocenters. The van der Waals surface area contributed by atoms with E-state index < -0.39 is 30.4 Å². The molecule has 0 bridgehead atoms. The number of aliphatic hydroxyl groups excluding tert-OH is 2. The van der Waals surface area contributed by atoms with E-state index in [1.54, 1.807) is 16.7 Å². The lowest BCUT2D eigenvalue weighted by Gasteiger charge is -2.29. The molecular formula is C28H31NO5S. The Labute approximate surface area is 210 Å². The van der Waals surface area contributed by atoms with Gasteiger partial charge in [0.2, 0.25) is 0 Å². The van der Waals surface area contributed by atoms with E-state index in [0.717, 1.165) is 16.0 Å². The van der Waals surface area contributed by atoms with Crippen molar-refractivity contribution in [3.63, 3.8) is 0 Å². The van der Waals surface area contributed by atoms with Crippen molar-refractivity contribution in [1.82, 2.24) is 4.90 Å². The highest BCUT2D eigenvalue weighted by Crippen LogP contribution is 2.31. The van der Waals surface area contributed by atoms with Crippen LogP contribution in [0.2, 0.25) is 0 Å². The van der Waals surface area contributed by atoms with Crippen LogP contribution in [0.3, 0.4) is 0 Å². The highest BCUT2D eigenvalue weighted by Gasteiger charge is 2.47. The maximum absolute atomic E-state index is 12.9. The van der Waals surface area contributed by atoms with E-state index in [1.807, 2.05) is 91.9 Å². The highest BCUT2D eigenvalue weighted by molar-refractivity contribution is 7.99. The van der Waals surface area contributed by atoms with Gasteiger partial charge in [-0.2, -0.15) is 0 Å². The Kier molecular flexibility index (Phi) is 8.82. The van der Waals surface area contributed by atoms with Crippen molar-refractivity contribution in [3.05, 3.63) is 102 Å². The van der Waals surface area contributed by atoms with Gasteiger partial charge in [0.1, 0.15) is 12.2 Å². The first-order chi connectivity index (χ1) is 17.0. The number of benzene rings is 3. The molecular weight excluding hydrogens is 462 g/mol. The zero-order chi connectivity index (χ0) is 24.6. The molecule has 6 nitrogen and oxygen atoms in total. The molecule has 1 amide bonds. The smallest absolute Gasteiger partial charge is 0.410 e. The summed E-state index contributed by atoms with van der Waals surface area (Å²) in [5, 5.41) is 21.6. The molecule has 1 aliphatic heterocycles. The third kappa shape index (κ3) is 6.86. The van der Waals surface area contributed by atoms with Crippen LogP contribution in [-0.4, -0.2) is 57.9 Å². The normalized spacial score (nSPS) is 19.4. The van der Waals surface area contributed by atoms with Crippen LogP contribution < -0.4 is 0 Å². The van der Waals surface area contributed by atoms with Gasteiger partial charge in [-0.3, -0.25) is 4.90 Å². The molecule has 1 aliphatic rings. The number of rotatable bonds is 11. The minimum atomic E-state index is -1.28. The number of carbonyl (C=O) groups excluding carboxylic acids is 1. The van der Waals surface area contributed by atoms with Gasteiger partial charge >= 0.3 is 6.09 Å². The molecule has 0 saturated carbocycles. The molecule has 0 aliphatic carbocycles. The first-order valence-electron chi connectivity index (χ1n) is 11.7. The number of carbonyl (C=O) groups is 1. The van der Waals surface area contributed by atoms with Crippen LogP contribution in [0, 0.1) is 6.92 Å². The lowest BCUT2D eigenvalue weighted by molar-refractivity contribution is -0.0875. The number of aliphatic hydroxyl groups is 2. The van der Waals surface area contributed by atoms with Gasteiger partial charge in [-0.25, -0.2) is 4.79 Å². The molecule has 3 aromatic rings. The molecule has 3 aromatic carbocycles. The topological polar surface area (TPSA) is 79.2 Å². The Bertz CT molecular complexity index is 1060. The molecule has 2 N–H and O–H groups in total. The summed E-state index contributed by atoms with van der Waals surface area (Å²) in [4.78, 5) is 15.6. The zero-order valence-corrected chi connectivity index (χ0v) is 20.5. The Hall–Kier alpha value is -2.84. The fraction of sp³-hybridized carbons (Fsp3) is 0.321. The predicted octanol–water partition coefficient (Wildman–Crippen LogP) is 4.42. The summed E-state index contributed by atoms with van der Waals surface area (Å²) in [5.74, 6) is 0.515. The summed E-state index contributed by atoms with van der Waals surface area (Å²) in [5.41, 5.74) is 3.12. The van der Waals surface area contributed by atoms with Crippen LogP contribution in [0.1, 0.15) is 16.7 Å². The number of ether oxygens (including phenoxy) is 2. The summed E-state index contributed by atoms with van der Waals surface area (Å²) in [7, 11) is 0. The summed E-state index contributed by atoms with van der Waals surface area (Å²) in [6, 6.07) is 27.0. The monoisotopic (exact) mass is 493 g/mol. The molecule has 0 aromatic heterocycles. The van der Waals surface area contributed by atoms with Crippen LogP contribution in [0.25, 0.3) is 0 Å². The van der Waals surface area contributed by atoms with Crippen molar-refractivity contribution in [1.29, 1.82) is 0 Å². The van der Waals surface area contributed by atoms with Crippen LogP contribution in [0.5, 0.6) is 0 Å². The number of nitrogens with zero attached hydrogens (tertiary/aromatic N) is 1. The number of amides is 1. The van der Waals surface area contributed by atoms with Crippen LogP contribution >= 0.6 is 11.8 Å².